The third-order valence-corrected chi connectivity index (χ3v) is 5.66. The van der Waals surface area contributed by atoms with E-state index in [2.05, 4.69) is 26.3 Å². The summed E-state index contributed by atoms with van der Waals surface area (Å²) in [6.45, 7) is 2.97. The number of oxazole rings is 1. The van der Waals surface area contributed by atoms with Gasteiger partial charge in [0.2, 0.25) is 11.6 Å². The number of carbonyl (C=O) groups excluding carboxylic acids is 1. The van der Waals surface area contributed by atoms with Crippen LogP contribution in [0, 0.1) is 5.92 Å². The minimum absolute atomic E-state index is 0.0906. The maximum Gasteiger partial charge on any atom is 0.299 e. The quantitative estimate of drug-likeness (QED) is 0.719. The average Bonchev–Trinajstić information content (AvgIpc) is 3.39. The second-order valence-electron chi connectivity index (χ2n) is 7.80. The molecule has 0 radical (unpaired) electrons. The molecule has 2 aliphatic rings. The first-order chi connectivity index (χ1) is 14.2. The lowest BCUT2D eigenvalue weighted by molar-refractivity contribution is -0.122. The molecule has 0 saturated carbocycles. The van der Waals surface area contributed by atoms with E-state index in [1.165, 1.54) is 5.56 Å². The van der Waals surface area contributed by atoms with Crippen LogP contribution >= 0.6 is 0 Å². The molecule has 1 N–H and O–H groups in total. The number of carbonyl (C=O) groups is 1. The molecule has 7 heteroatoms. The number of hydrogen-bond donors (Lipinski definition) is 1. The van der Waals surface area contributed by atoms with Gasteiger partial charge in [-0.25, -0.2) is 4.98 Å². The fourth-order valence-electron chi connectivity index (χ4n) is 4.18. The van der Waals surface area contributed by atoms with E-state index in [-0.39, 0.29) is 5.91 Å². The highest BCUT2D eigenvalue weighted by Crippen LogP contribution is 2.27. The molecule has 2 aromatic heterocycles. The number of nitrogens with zero attached hydrogens (tertiary/aromatic N) is 3. The van der Waals surface area contributed by atoms with Crippen LogP contribution in [0.3, 0.4) is 0 Å². The van der Waals surface area contributed by atoms with Crippen molar-refractivity contribution in [2.24, 2.45) is 5.92 Å². The number of fused-ring (bicyclic) bond motifs is 2. The molecule has 7 nitrogen and oxygen atoms in total. The number of rotatable bonds is 5. The number of anilines is 1. The fourth-order valence-corrected chi connectivity index (χ4v) is 4.18. The van der Waals surface area contributed by atoms with Crippen LogP contribution in [0.25, 0.3) is 11.2 Å². The van der Waals surface area contributed by atoms with Crippen LogP contribution in [0.5, 0.6) is 5.75 Å². The molecule has 4 heterocycles. The zero-order chi connectivity index (χ0) is 19.6. The van der Waals surface area contributed by atoms with Gasteiger partial charge in [-0.1, -0.05) is 12.1 Å². The van der Waals surface area contributed by atoms with E-state index in [1.54, 1.807) is 6.20 Å². The lowest BCUT2D eigenvalue weighted by atomic mass is 9.94. The predicted octanol–water partition coefficient (Wildman–Crippen LogP) is 3.08. The summed E-state index contributed by atoms with van der Waals surface area (Å²) >= 11 is 0. The largest absolute Gasteiger partial charge is 0.493 e. The van der Waals surface area contributed by atoms with Gasteiger partial charge in [0.25, 0.3) is 6.01 Å². The topological polar surface area (TPSA) is 80.5 Å². The Morgan fingerprint density at radius 2 is 2.28 bits per heavy atom. The van der Waals surface area contributed by atoms with Crippen molar-refractivity contribution in [3.8, 4) is 5.75 Å². The minimum Gasteiger partial charge on any atom is -0.493 e. The highest BCUT2D eigenvalue weighted by molar-refractivity contribution is 5.76. The molecule has 1 fully saturated rings. The zero-order valence-electron chi connectivity index (χ0n) is 16.3. The molecule has 1 aromatic carbocycles. The van der Waals surface area contributed by atoms with Gasteiger partial charge >= 0.3 is 0 Å². The minimum atomic E-state index is 0.0906. The highest BCUT2D eigenvalue weighted by atomic mass is 16.5. The Morgan fingerprint density at radius 3 is 3.21 bits per heavy atom. The SMILES string of the molecule is O=C(CC1CCCN(c2nc3ncccc3o2)C1)NCc1ccc2c(c1)CCO2. The van der Waals surface area contributed by atoms with Crippen LogP contribution in [-0.2, 0) is 17.8 Å². The maximum atomic E-state index is 12.5. The molecule has 1 saturated heterocycles. The van der Waals surface area contributed by atoms with Crippen molar-refractivity contribution in [2.75, 3.05) is 24.6 Å². The van der Waals surface area contributed by atoms with Crippen molar-refractivity contribution in [3.05, 3.63) is 47.7 Å². The van der Waals surface area contributed by atoms with Gasteiger partial charge < -0.3 is 19.4 Å². The first-order valence-corrected chi connectivity index (χ1v) is 10.2. The van der Waals surface area contributed by atoms with Gasteiger partial charge in [-0.2, -0.15) is 4.98 Å². The summed E-state index contributed by atoms with van der Waals surface area (Å²) in [7, 11) is 0. The molecule has 1 amide bonds. The molecule has 1 atom stereocenters. The number of pyridine rings is 1. The van der Waals surface area contributed by atoms with Crippen molar-refractivity contribution in [1.82, 2.24) is 15.3 Å². The van der Waals surface area contributed by atoms with E-state index >= 15 is 0 Å². The molecule has 0 spiro atoms. The molecule has 3 aromatic rings. The van der Waals surface area contributed by atoms with Crippen molar-refractivity contribution < 1.29 is 13.9 Å². The predicted molar refractivity (Wildman–Crippen MR) is 109 cm³/mol. The van der Waals surface area contributed by atoms with Crippen LogP contribution in [0.2, 0.25) is 0 Å². The lowest BCUT2D eigenvalue weighted by Gasteiger charge is -2.31. The summed E-state index contributed by atoms with van der Waals surface area (Å²) < 4.78 is 11.4. The van der Waals surface area contributed by atoms with Crippen molar-refractivity contribution >= 4 is 23.2 Å². The molecular weight excluding hydrogens is 368 g/mol. The normalized spacial score (nSPS) is 18.5. The van der Waals surface area contributed by atoms with Crippen LogP contribution in [0.4, 0.5) is 6.01 Å². The van der Waals surface area contributed by atoms with Crippen molar-refractivity contribution in [3.63, 3.8) is 0 Å². The Kier molecular flexibility index (Phi) is 4.79. The monoisotopic (exact) mass is 392 g/mol. The third kappa shape index (κ3) is 3.90. The standard InChI is InChI=1S/C22H24N4O3/c27-20(24-13-15-5-6-18-17(11-15)7-10-28-18)12-16-3-2-9-26(14-16)22-25-21-19(29-22)4-1-8-23-21/h1,4-6,8,11,16H,2-3,7,9-10,12-14H2,(H,24,27). The van der Waals surface area contributed by atoms with E-state index in [0.717, 1.165) is 50.3 Å². The molecule has 5 rings (SSSR count). The Labute approximate surface area is 169 Å². The second kappa shape index (κ2) is 7.73. The van der Waals surface area contributed by atoms with Gasteiger partial charge in [0.05, 0.1) is 6.61 Å². The van der Waals surface area contributed by atoms with Gasteiger partial charge in [-0.15, -0.1) is 0 Å². The van der Waals surface area contributed by atoms with Crippen molar-refractivity contribution in [2.45, 2.75) is 32.2 Å². The smallest absolute Gasteiger partial charge is 0.299 e. The van der Waals surface area contributed by atoms with Gasteiger partial charge in [0.1, 0.15) is 5.75 Å². The molecule has 0 bridgehead atoms. The summed E-state index contributed by atoms with van der Waals surface area (Å²) in [5.74, 6) is 1.35. The van der Waals surface area contributed by atoms with E-state index in [4.69, 9.17) is 9.15 Å². The lowest BCUT2D eigenvalue weighted by Crippen LogP contribution is -2.38. The highest BCUT2D eigenvalue weighted by Gasteiger charge is 2.25. The molecule has 2 aliphatic heterocycles. The first-order valence-electron chi connectivity index (χ1n) is 10.2. The molecule has 150 valence electrons. The third-order valence-electron chi connectivity index (χ3n) is 5.66. The van der Waals surface area contributed by atoms with Gasteiger partial charge in [0, 0.05) is 38.7 Å². The first kappa shape index (κ1) is 18.0. The number of piperidine rings is 1. The number of benzene rings is 1. The van der Waals surface area contributed by atoms with Crippen LogP contribution in [0.1, 0.15) is 30.4 Å². The number of amides is 1. The Hall–Kier alpha value is -3.09. The summed E-state index contributed by atoms with van der Waals surface area (Å²) in [4.78, 5) is 23.4. The maximum absolute atomic E-state index is 12.5. The summed E-state index contributed by atoms with van der Waals surface area (Å²) in [5, 5.41) is 3.07. The van der Waals surface area contributed by atoms with E-state index in [1.807, 2.05) is 24.3 Å². The molecule has 0 aliphatic carbocycles. The average molecular weight is 392 g/mol. The van der Waals surface area contributed by atoms with Gasteiger partial charge in [-0.05, 0) is 48.1 Å². The molecule has 29 heavy (non-hydrogen) atoms. The Balaban J connectivity index is 1.16. The summed E-state index contributed by atoms with van der Waals surface area (Å²) in [5.41, 5.74) is 3.67. The molecular formula is C22H24N4O3. The zero-order valence-corrected chi connectivity index (χ0v) is 16.3. The number of hydrogen-bond acceptors (Lipinski definition) is 6. The van der Waals surface area contributed by atoms with Crippen LogP contribution in [0.15, 0.2) is 40.9 Å². The van der Waals surface area contributed by atoms with Crippen molar-refractivity contribution in [1.29, 1.82) is 0 Å². The summed E-state index contributed by atoms with van der Waals surface area (Å²) in [6.07, 6.45) is 5.24. The number of aromatic nitrogens is 2. The van der Waals surface area contributed by atoms with E-state index in [9.17, 15) is 4.79 Å². The van der Waals surface area contributed by atoms with Crippen LogP contribution in [-0.4, -0.2) is 35.6 Å². The van der Waals surface area contributed by atoms with Crippen LogP contribution < -0.4 is 15.0 Å². The summed E-state index contributed by atoms with van der Waals surface area (Å²) in [6, 6.07) is 10.5. The van der Waals surface area contributed by atoms with Gasteiger partial charge in [-0.3, -0.25) is 4.79 Å². The second-order valence-corrected chi connectivity index (χ2v) is 7.80. The van der Waals surface area contributed by atoms with E-state index in [0.29, 0.717) is 36.1 Å². The van der Waals surface area contributed by atoms with E-state index < -0.39 is 0 Å². The number of ether oxygens (including phenoxy) is 1. The Morgan fingerprint density at radius 1 is 1.31 bits per heavy atom. The molecule has 1 unspecified atom stereocenters. The van der Waals surface area contributed by atoms with Gasteiger partial charge in [0.15, 0.2) is 5.58 Å². The number of nitrogens with one attached hydrogen (secondary N) is 1. The Bertz CT molecular complexity index is 999. The fraction of sp³-hybridized carbons (Fsp3) is 0.409.